The molecule has 148 valence electrons. The van der Waals surface area contributed by atoms with Crippen LogP contribution in [0.2, 0.25) is 0 Å². The molecular weight excluding hydrogens is 364 g/mol. The zero-order valence-corrected chi connectivity index (χ0v) is 17.3. The number of rotatable bonds is 3. The van der Waals surface area contributed by atoms with E-state index in [1.165, 1.54) is 12.7 Å². The highest BCUT2D eigenvalue weighted by molar-refractivity contribution is 5.95. The molecule has 0 unspecified atom stereocenters. The fourth-order valence-corrected chi connectivity index (χ4v) is 3.51. The van der Waals surface area contributed by atoms with E-state index in [2.05, 4.69) is 49.4 Å². The van der Waals surface area contributed by atoms with Crippen molar-refractivity contribution < 1.29 is 14.3 Å². The first-order valence-corrected chi connectivity index (χ1v) is 9.51. The van der Waals surface area contributed by atoms with Crippen LogP contribution in [0.3, 0.4) is 0 Å². The van der Waals surface area contributed by atoms with E-state index in [1.807, 2.05) is 18.3 Å². The molecule has 4 aromatic rings. The van der Waals surface area contributed by atoms with Crippen LogP contribution in [0.25, 0.3) is 27.8 Å². The van der Waals surface area contributed by atoms with E-state index < -0.39 is 0 Å². The van der Waals surface area contributed by atoms with E-state index in [1.54, 1.807) is 19.2 Å². The molecule has 0 atom stereocenters. The molecule has 0 aliphatic rings. The van der Waals surface area contributed by atoms with Gasteiger partial charge in [0.2, 0.25) is 0 Å². The van der Waals surface area contributed by atoms with Crippen LogP contribution in [-0.4, -0.2) is 29.6 Å². The normalized spacial score (nSPS) is 11.8. The van der Waals surface area contributed by atoms with E-state index in [-0.39, 0.29) is 11.4 Å². The Morgan fingerprint density at radius 2 is 1.69 bits per heavy atom. The standard InChI is InChI=1S/C24H24N2O3/c1-24(2,3)17-9-6-15(7-10-17)22-21-13-18(28-4)14-26(21)20-11-8-16(23(27)29-5)12-19(20)25-22/h6-14H,1-5H3. The van der Waals surface area contributed by atoms with Gasteiger partial charge in [0, 0.05) is 11.6 Å². The van der Waals surface area contributed by atoms with Crippen LogP contribution >= 0.6 is 0 Å². The molecule has 0 N–H and O–H groups in total. The molecule has 0 amide bonds. The van der Waals surface area contributed by atoms with Crippen molar-refractivity contribution in [3.8, 4) is 17.0 Å². The van der Waals surface area contributed by atoms with Gasteiger partial charge >= 0.3 is 5.97 Å². The summed E-state index contributed by atoms with van der Waals surface area (Å²) in [4.78, 5) is 16.9. The molecule has 5 heteroatoms. The van der Waals surface area contributed by atoms with Crippen molar-refractivity contribution in [3.05, 3.63) is 65.9 Å². The summed E-state index contributed by atoms with van der Waals surface area (Å²) >= 11 is 0. The summed E-state index contributed by atoms with van der Waals surface area (Å²) in [6.07, 6.45) is 1.93. The van der Waals surface area contributed by atoms with E-state index in [9.17, 15) is 4.79 Å². The number of hydrogen-bond donors (Lipinski definition) is 0. The summed E-state index contributed by atoms with van der Waals surface area (Å²) in [5.41, 5.74) is 6.22. The number of ether oxygens (including phenoxy) is 2. The zero-order chi connectivity index (χ0) is 20.8. The van der Waals surface area contributed by atoms with Gasteiger partial charge in [0.05, 0.1) is 48.2 Å². The maximum Gasteiger partial charge on any atom is 0.337 e. The first-order valence-electron chi connectivity index (χ1n) is 9.51. The van der Waals surface area contributed by atoms with Gasteiger partial charge in [0.15, 0.2) is 0 Å². The third-order valence-electron chi connectivity index (χ3n) is 5.19. The Morgan fingerprint density at radius 1 is 0.966 bits per heavy atom. The first-order chi connectivity index (χ1) is 13.8. The monoisotopic (exact) mass is 388 g/mol. The highest BCUT2D eigenvalue weighted by Crippen LogP contribution is 2.32. The maximum absolute atomic E-state index is 12.0. The second kappa shape index (κ2) is 6.92. The smallest absolute Gasteiger partial charge is 0.337 e. The summed E-state index contributed by atoms with van der Waals surface area (Å²) in [6, 6.07) is 15.9. The number of benzene rings is 2. The van der Waals surface area contributed by atoms with Gasteiger partial charge in [-0.15, -0.1) is 0 Å². The second-order valence-corrected chi connectivity index (χ2v) is 8.12. The quantitative estimate of drug-likeness (QED) is 0.450. The molecule has 2 aromatic heterocycles. The lowest BCUT2D eigenvalue weighted by molar-refractivity contribution is 0.0601. The number of methoxy groups -OCH3 is 2. The summed E-state index contributed by atoms with van der Waals surface area (Å²) in [6.45, 7) is 6.59. The van der Waals surface area contributed by atoms with Crippen LogP contribution in [0.1, 0.15) is 36.7 Å². The van der Waals surface area contributed by atoms with Gasteiger partial charge in [-0.05, 0) is 29.2 Å². The maximum atomic E-state index is 12.0. The number of fused-ring (bicyclic) bond motifs is 3. The Hall–Kier alpha value is -3.34. The minimum Gasteiger partial charge on any atom is -0.495 e. The second-order valence-electron chi connectivity index (χ2n) is 8.12. The lowest BCUT2D eigenvalue weighted by Gasteiger charge is -2.19. The molecule has 2 heterocycles. The molecule has 2 aromatic carbocycles. The fourth-order valence-electron chi connectivity index (χ4n) is 3.51. The average Bonchev–Trinajstić information content (AvgIpc) is 3.16. The summed E-state index contributed by atoms with van der Waals surface area (Å²) < 4.78 is 12.4. The Labute approximate surface area is 169 Å². The van der Waals surface area contributed by atoms with Crippen LogP contribution in [0, 0.1) is 0 Å². The zero-order valence-electron chi connectivity index (χ0n) is 17.3. The molecule has 0 saturated heterocycles. The molecule has 0 fully saturated rings. The van der Waals surface area contributed by atoms with Crippen molar-refractivity contribution in [2.24, 2.45) is 0 Å². The van der Waals surface area contributed by atoms with E-state index in [4.69, 9.17) is 14.5 Å². The van der Waals surface area contributed by atoms with Gasteiger partial charge in [-0.3, -0.25) is 0 Å². The van der Waals surface area contributed by atoms with Gasteiger partial charge < -0.3 is 13.9 Å². The largest absolute Gasteiger partial charge is 0.495 e. The SMILES string of the molecule is COC(=O)c1ccc2c(c1)nc(-c1ccc(C(C)(C)C)cc1)c1cc(OC)cn12. The number of nitrogens with zero attached hydrogens (tertiary/aromatic N) is 2. The van der Waals surface area contributed by atoms with E-state index in [0.717, 1.165) is 28.0 Å². The first kappa shape index (κ1) is 19.0. The van der Waals surface area contributed by atoms with Gasteiger partial charge in [-0.1, -0.05) is 45.0 Å². The van der Waals surface area contributed by atoms with Crippen LogP contribution in [0.15, 0.2) is 54.7 Å². The third kappa shape index (κ3) is 3.33. The summed E-state index contributed by atoms with van der Waals surface area (Å²) in [5, 5.41) is 0. The van der Waals surface area contributed by atoms with Crippen LogP contribution in [0.5, 0.6) is 5.75 Å². The van der Waals surface area contributed by atoms with Gasteiger partial charge in [0.1, 0.15) is 5.75 Å². The molecule has 0 aliphatic heterocycles. The van der Waals surface area contributed by atoms with Gasteiger partial charge in [-0.2, -0.15) is 0 Å². The highest BCUT2D eigenvalue weighted by Gasteiger charge is 2.17. The van der Waals surface area contributed by atoms with Gasteiger partial charge in [-0.25, -0.2) is 9.78 Å². The third-order valence-corrected chi connectivity index (χ3v) is 5.19. The topological polar surface area (TPSA) is 52.8 Å². The van der Waals surface area contributed by atoms with Crippen molar-refractivity contribution in [1.82, 2.24) is 9.38 Å². The Bertz CT molecular complexity index is 1220. The average molecular weight is 388 g/mol. The molecule has 0 saturated carbocycles. The van der Waals surface area contributed by atoms with E-state index in [0.29, 0.717) is 11.1 Å². The Morgan fingerprint density at radius 3 is 2.31 bits per heavy atom. The van der Waals surface area contributed by atoms with Gasteiger partial charge in [0.25, 0.3) is 0 Å². The minimum atomic E-state index is -0.380. The summed E-state index contributed by atoms with van der Waals surface area (Å²) in [7, 11) is 3.03. The number of carbonyl (C=O) groups is 1. The van der Waals surface area contributed by atoms with E-state index >= 15 is 0 Å². The lowest BCUT2D eigenvalue weighted by Crippen LogP contribution is -2.10. The van der Waals surface area contributed by atoms with Crippen LogP contribution in [-0.2, 0) is 10.2 Å². The van der Waals surface area contributed by atoms with Crippen LogP contribution in [0.4, 0.5) is 0 Å². The predicted octanol–water partition coefficient (Wildman–Crippen LogP) is 5.25. The molecule has 0 bridgehead atoms. The van der Waals surface area contributed by atoms with Crippen molar-refractivity contribution in [3.63, 3.8) is 0 Å². The molecule has 0 spiro atoms. The molecule has 5 nitrogen and oxygen atoms in total. The van der Waals surface area contributed by atoms with Crippen molar-refractivity contribution in [2.45, 2.75) is 26.2 Å². The Kier molecular flexibility index (Phi) is 4.53. The number of aromatic nitrogens is 2. The molecule has 29 heavy (non-hydrogen) atoms. The van der Waals surface area contributed by atoms with Crippen LogP contribution < -0.4 is 4.74 Å². The summed E-state index contributed by atoms with van der Waals surface area (Å²) in [5.74, 6) is 0.374. The highest BCUT2D eigenvalue weighted by atomic mass is 16.5. The molecule has 0 radical (unpaired) electrons. The van der Waals surface area contributed by atoms with Crippen molar-refractivity contribution >= 4 is 22.5 Å². The van der Waals surface area contributed by atoms with Crippen molar-refractivity contribution in [1.29, 1.82) is 0 Å². The lowest BCUT2D eigenvalue weighted by atomic mass is 9.86. The molecule has 4 rings (SSSR count). The predicted molar refractivity (Wildman–Crippen MR) is 115 cm³/mol. The Balaban J connectivity index is 1.97. The van der Waals surface area contributed by atoms with Crippen molar-refractivity contribution in [2.75, 3.05) is 14.2 Å². The molecular formula is C24H24N2O3. The number of hydrogen-bond acceptors (Lipinski definition) is 4. The minimum absolute atomic E-state index is 0.0817. The fraction of sp³-hybridized carbons (Fsp3) is 0.250. The number of carbonyl (C=O) groups excluding carboxylic acids is 1. The molecule has 0 aliphatic carbocycles. The number of esters is 1.